The molecule has 3 aliphatic rings. The van der Waals surface area contributed by atoms with Crippen LogP contribution in [-0.4, -0.2) is 103 Å². The molecule has 5 rings (SSSR count). The van der Waals surface area contributed by atoms with Crippen molar-refractivity contribution in [3.63, 3.8) is 0 Å². The number of carbonyl (C=O) groups excluding carboxylic acids is 4. The Kier molecular flexibility index (Phi) is 11.6. The largest absolute Gasteiger partial charge is 0.514 e. The normalized spacial score (nSPS) is 22.0. The highest BCUT2D eigenvalue weighted by Crippen LogP contribution is 2.65. The van der Waals surface area contributed by atoms with Crippen LogP contribution in [0, 0.1) is 28.6 Å². The van der Waals surface area contributed by atoms with Crippen molar-refractivity contribution in [3.05, 3.63) is 71.7 Å². The predicted octanol–water partition coefficient (Wildman–Crippen LogP) is 2.38. The molecule has 0 bridgehead atoms. The number of urea groups is 1. The zero-order valence-corrected chi connectivity index (χ0v) is 32.4. The number of hydrogen-bond donors (Lipinski definition) is 5. The smallest absolute Gasteiger partial charge is 0.315 e. The van der Waals surface area contributed by atoms with Crippen LogP contribution in [0.1, 0.15) is 52.7 Å². The van der Waals surface area contributed by atoms with Crippen molar-refractivity contribution in [1.29, 1.82) is 0 Å². The SMILES string of the molecule is CCNC(=O)C(=O)CNC(=O)[C@@H]1[C@@H]2[C@H](CN1/C(=C/O)[C@@H](NC(=O)N[C@H](CN(C)S(=O)(=O)c1ccccn1)C(C)(C)C)C1Cc3ccccc3C1)C2(C)C. The van der Waals surface area contributed by atoms with E-state index in [9.17, 15) is 32.7 Å². The number of fused-ring (bicyclic) bond motifs is 2. The van der Waals surface area contributed by atoms with Crippen LogP contribution >= 0.6 is 0 Å². The Balaban J connectivity index is 1.40. The molecule has 2 aliphatic carbocycles. The summed E-state index contributed by atoms with van der Waals surface area (Å²) >= 11 is 0. The molecule has 5 N–H and O–H groups in total. The fraction of sp³-hybridized carbons (Fsp3) is 0.553. The summed E-state index contributed by atoms with van der Waals surface area (Å²) in [4.78, 5) is 58.3. The van der Waals surface area contributed by atoms with E-state index in [2.05, 4.69) is 40.1 Å². The quantitative estimate of drug-likeness (QED) is 0.143. The van der Waals surface area contributed by atoms with E-state index < -0.39 is 63.7 Å². The van der Waals surface area contributed by atoms with Crippen LogP contribution in [0.4, 0.5) is 4.79 Å². The van der Waals surface area contributed by atoms with Crippen LogP contribution in [0.2, 0.25) is 0 Å². The highest BCUT2D eigenvalue weighted by molar-refractivity contribution is 7.89. The zero-order valence-electron chi connectivity index (χ0n) is 31.5. The van der Waals surface area contributed by atoms with Crippen molar-refractivity contribution in [2.45, 2.75) is 77.5 Å². The Morgan fingerprint density at radius 1 is 1.04 bits per heavy atom. The molecule has 2 fully saturated rings. The highest BCUT2D eigenvalue weighted by Gasteiger charge is 2.69. The van der Waals surface area contributed by atoms with E-state index in [1.165, 1.54) is 23.6 Å². The number of sulfonamides is 1. The van der Waals surface area contributed by atoms with Crippen LogP contribution in [-0.2, 0) is 37.2 Å². The first-order chi connectivity index (χ1) is 24.9. The third-order valence-corrected chi connectivity index (χ3v) is 13.0. The standard InChI is InChI=1S/C38H53N7O7S/c1-8-39-34(48)28(47)19-41-35(49)33-31-26(38(31,5)6)20-45(33)27(22-46)32(25-17-23-13-9-10-14-24(23)18-25)43-36(50)42-29(37(2,3)4)21-44(7)53(51,52)30-15-11-12-16-40-30/h9-16,22,25-26,29,31-33,46H,8,17-21H2,1-7H3,(H,39,48)(H,41,49)(H2,42,43,50)/b27-22+/t26-,29+,31-,32-,33-/m0/s1. The maximum absolute atomic E-state index is 14.1. The molecule has 1 saturated heterocycles. The number of likely N-dealkylation sites (tertiary alicyclic amines) is 1. The number of rotatable bonds is 14. The van der Waals surface area contributed by atoms with Gasteiger partial charge in [-0.2, -0.15) is 4.31 Å². The van der Waals surface area contributed by atoms with E-state index in [0.29, 0.717) is 25.1 Å². The van der Waals surface area contributed by atoms with Gasteiger partial charge in [-0.25, -0.2) is 18.2 Å². The van der Waals surface area contributed by atoms with Gasteiger partial charge in [-0.1, -0.05) is 65.0 Å². The molecule has 0 unspecified atom stereocenters. The second-order valence-electron chi connectivity index (χ2n) is 16.0. The molecular formula is C38H53N7O7S. The Morgan fingerprint density at radius 3 is 2.25 bits per heavy atom. The number of likely N-dealkylation sites (N-methyl/N-ethyl adjacent to an activating group) is 2. The number of benzene rings is 1. The third kappa shape index (κ3) is 8.35. The van der Waals surface area contributed by atoms with Gasteiger partial charge in [-0.15, -0.1) is 0 Å². The maximum Gasteiger partial charge on any atom is 0.315 e. The second kappa shape index (κ2) is 15.5. The van der Waals surface area contributed by atoms with Gasteiger partial charge < -0.3 is 31.3 Å². The molecule has 1 aromatic carbocycles. The molecule has 288 valence electrons. The number of pyridine rings is 1. The van der Waals surface area contributed by atoms with E-state index in [1.54, 1.807) is 19.1 Å². The predicted molar refractivity (Wildman–Crippen MR) is 199 cm³/mol. The minimum Gasteiger partial charge on any atom is -0.514 e. The van der Waals surface area contributed by atoms with E-state index in [1.807, 2.05) is 49.9 Å². The number of carbonyl (C=O) groups is 4. The number of Topliss-reactive ketones (excluding diaryl/α,β-unsaturated/α-hetero) is 1. The molecule has 1 saturated carbocycles. The molecule has 1 aliphatic heterocycles. The Labute approximate surface area is 312 Å². The van der Waals surface area contributed by atoms with E-state index in [0.717, 1.165) is 17.4 Å². The first-order valence-electron chi connectivity index (χ1n) is 18.1. The van der Waals surface area contributed by atoms with Gasteiger partial charge in [-0.3, -0.25) is 14.4 Å². The number of piperidine rings is 1. The van der Waals surface area contributed by atoms with Gasteiger partial charge in [-0.05, 0) is 71.6 Å². The highest BCUT2D eigenvalue weighted by atomic mass is 32.2. The maximum atomic E-state index is 14.1. The Hall–Kier alpha value is -4.50. The van der Waals surface area contributed by atoms with Crippen molar-refractivity contribution < 1.29 is 32.7 Å². The van der Waals surface area contributed by atoms with Gasteiger partial charge in [0.1, 0.15) is 12.3 Å². The molecule has 2 heterocycles. The lowest BCUT2D eigenvalue weighted by molar-refractivity contribution is -0.138. The summed E-state index contributed by atoms with van der Waals surface area (Å²) in [5.74, 6) is -2.14. The molecule has 1 aromatic heterocycles. The minimum atomic E-state index is -3.95. The second-order valence-corrected chi connectivity index (χ2v) is 18.0. The first-order valence-corrected chi connectivity index (χ1v) is 19.6. The molecule has 0 spiro atoms. The molecule has 2 aromatic rings. The van der Waals surface area contributed by atoms with Crippen LogP contribution < -0.4 is 21.3 Å². The summed E-state index contributed by atoms with van der Waals surface area (Å²) in [7, 11) is -2.50. The number of nitrogens with zero attached hydrogens (tertiary/aromatic N) is 3. The van der Waals surface area contributed by atoms with Crippen molar-refractivity contribution >= 4 is 33.7 Å². The van der Waals surface area contributed by atoms with Crippen molar-refractivity contribution in [1.82, 2.24) is 35.5 Å². The number of amides is 4. The number of aliphatic hydroxyl groups excluding tert-OH is 1. The van der Waals surface area contributed by atoms with E-state index >= 15 is 0 Å². The molecule has 4 amide bonds. The summed E-state index contributed by atoms with van der Waals surface area (Å²) in [5.41, 5.74) is 1.86. The lowest BCUT2D eigenvalue weighted by atomic mass is 9.86. The molecule has 14 nitrogen and oxygen atoms in total. The van der Waals surface area contributed by atoms with Crippen molar-refractivity contribution in [2.24, 2.45) is 28.6 Å². The number of aliphatic hydroxyl groups is 1. The van der Waals surface area contributed by atoms with Gasteiger partial charge in [0.25, 0.3) is 15.9 Å². The molecular weight excluding hydrogens is 699 g/mol. The number of hydrogen-bond acceptors (Lipinski definition) is 9. The molecule has 0 radical (unpaired) electrons. The third-order valence-electron chi connectivity index (χ3n) is 11.2. The van der Waals surface area contributed by atoms with Crippen LogP contribution in [0.25, 0.3) is 0 Å². The van der Waals surface area contributed by atoms with Gasteiger partial charge in [0.15, 0.2) is 5.03 Å². The van der Waals surface area contributed by atoms with Crippen LogP contribution in [0.15, 0.2) is 65.6 Å². The zero-order chi connectivity index (χ0) is 38.9. The van der Waals surface area contributed by atoms with Crippen LogP contribution in [0.5, 0.6) is 0 Å². The first kappa shape index (κ1) is 39.7. The topological polar surface area (TPSA) is 190 Å². The van der Waals surface area contributed by atoms with Gasteiger partial charge in [0.2, 0.25) is 11.7 Å². The average Bonchev–Trinajstić information content (AvgIpc) is 3.46. The Morgan fingerprint density at radius 2 is 1.68 bits per heavy atom. The summed E-state index contributed by atoms with van der Waals surface area (Å²) in [6.07, 6.45) is 3.58. The van der Waals surface area contributed by atoms with Gasteiger partial charge in [0.05, 0.1) is 18.3 Å². The lowest BCUT2D eigenvalue weighted by Gasteiger charge is -2.39. The number of ketones is 1. The average molecular weight is 752 g/mol. The lowest BCUT2D eigenvalue weighted by Crippen LogP contribution is -2.58. The van der Waals surface area contributed by atoms with Crippen molar-refractivity contribution in [3.8, 4) is 0 Å². The van der Waals surface area contributed by atoms with Crippen LogP contribution in [0.3, 0.4) is 0 Å². The fourth-order valence-electron chi connectivity index (χ4n) is 7.95. The minimum absolute atomic E-state index is 0.0418. The van der Waals surface area contributed by atoms with E-state index in [4.69, 9.17) is 0 Å². The number of nitrogens with one attached hydrogen (secondary N) is 4. The summed E-state index contributed by atoms with van der Waals surface area (Å²) in [5, 5.41) is 22.1. The number of aromatic nitrogens is 1. The fourth-order valence-corrected chi connectivity index (χ4v) is 9.06. The summed E-state index contributed by atoms with van der Waals surface area (Å²) in [6, 6.07) is 9.92. The summed E-state index contributed by atoms with van der Waals surface area (Å²) in [6.45, 7) is 11.8. The molecule has 15 heteroatoms. The molecule has 5 atom stereocenters. The van der Waals surface area contributed by atoms with Crippen molar-refractivity contribution in [2.75, 3.05) is 33.2 Å². The monoisotopic (exact) mass is 751 g/mol. The van der Waals surface area contributed by atoms with E-state index in [-0.39, 0.29) is 41.3 Å². The summed E-state index contributed by atoms with van der Waals surface area (Å²) < 4.78 is 27.9. The molecule has 53 heavy (non-hydrogen) atoms. The van der Waals surface area contributed by atoms with Gasteiger partial charge >= 0.3 is 6.03 Å². The Bertz CT molecular complexity index is 1820. The van der Waals surface area contributed by atoms with Gasteiger partial charge in [0, 0.05) is 38.9 Å².